The highest BCUT2D eigenvalue weighted by Gasteiger charge is 2.31. The second kappa shape index (κ2) is 6.20. The second-order valence-electron chi connectivity index (χ2n) is 2.93. The molecule has 0 aliphatic carbocycles. The maximum absolute atomic E-state index is 11.2. The number of rotatable bonds is 7. The number of aliphatic hydroxyl groups is 4. The molecule has 0 aromatic heterocycles. The molecule has 0 unspecified atom stereocenters. The van der Waals surface area contributed by atoms with Crippen LogP contribution in [0.1, 0.15) is 0 Å². The third-order valence-electron chi connectivity index (χ3n) is 1.66. The molecule has 0 heterocycles. The van der Waals surface area contributed by atoms with Crippen LogP contribution in [0.2, 0.25) is 0 Å². The molecule has 3 atom stereocenters. The predicted octanol–water partition coefficient (Wildman–Crippen LogP) is -3.98. The average Bonchev–Trinajstić information content (AvgIpc) is 2.21. The third-order valence-corrected chi connectivity index (χ3v) is 2.24. The number of hydrogen-bond donors (Lipinski definition) is 6. The topological polar surface area (TPSA) is 164 Å². The van der Waals surface area contributed by atoms with E-state index in [-0.39, 0.29) is 0 Å². The van der Waals surface area contributed by atoms with Crippen LogP contribution < -0.4 is 4.72 Å². The van der Waals surface area contributed by atoms with Crippen molar-refractivity contribution in [3.8, 4) is 0 Å². The normalized spacial score (nSPS) is 17.8. The molecule has 0 aromatic carbocycles. The van der Waals surface area contributed by atoms with Gasteiger partial charge >= 0.3 is 10.3 Å². The van der Waals surface area contributed by atoms with Gasteiger partial charge in [-0.15, -0.1) is 0 Å². The van der Waals surface area contributed by atoms with Crippen molar-refractivity contribution in [1.29, 1.82) is 0 Å². The van der Waals surface area contributed by atoms with Crippen LogP contribution in [0.3, 0.4) is 0 Å². The Kier molecular flexibility index (Phi) is 5.96. The van der Waals surface area contributed by atoms with Crippen LogP contribution in [0, 0.1) is 0 Å². The van der Waals surface area contributed by atoms with Crippen molar-refractivity contribution in [3.63, 3.8) is 0 Å². The molecule has 0 amide bonds. The average molecular weight is 259 g/mol. The van der Waals surface area contributed by atoms with Gasteiger partial charge in [0.15, 0.2) is 5.78 Å². The predicted molar refractivity (Wildman–Crippen MR) is 49.7 cm³/mol. The van der Waals surface area contributed by atoms with Crippen molar-refractivity contribution in [1.82, 2.24) is 4.72 Å². The number of carbonyl (C=O) groups is 1. The van der Waals surface area contributed by atoms with Crippen LogP contribution >= 0.6 is 0 Å². The Morgan fingerprint density at radius 1 is 1.19 bits per heavy atom. The molecule has 0 aliphatic heterocycles. The van der Waals surface area contributed by atoms with Crippen LogP contribution in [-0.4, -0.2) is 70.6 Å². The smallest absolute Gasteiger partial charge is 0.334 e. The molecule has 0 aliphatic rings. The Bertz CT molecular complexity index is 327. The SMILES string of the molecule is O=C([C@H](CO)NS(=O)(=O)O)[C@H](O)[C@H](O)CO. The van der Waals surface area contributed by atoms with Gasteiger partial charge in [0.05, 0.1) is 13.2 Å². The molecule has 0 saturated heterocycles. The van der Waals surface area contributed by atoms with E-state index in [1.807, 2.05) is 0 Å². The molecule has 0 fully saturated rings. The molecular formula is C6H13NO8S. The summed E-state index contributed by atoms with van der Waals surface area (Å²) in [7, 11) is -4.73. The fourth-order valence-electron chi connectivity index (χ4n) is 0.861. The van der Waals surface area contributed by atoms with Gasteiger partial charge in [-0.1, -0.05) is 0 Å². The lowest BCUT2D eigenvalue weighted by Crippen LogP contribution is -2.51. The highest BCUT2D eigenvalue weighted by molar-refractivity contribution is 7.83. The lowest BCUT2D eigenvalue weighted by Gasteiger charge is -2.19. The molecule has 6 N–H and O–H groups in total. The van der Waals surface area contributed by atoms with Crippen LogP contribution in [0.15, 0.2) is 0 Å². The quantitative estimate of drug-likeness (QED) is 0.252. The summed E-state index contributed by atoms with van der Waals surface area (Å²) in [5, 5.41) is 35.1. The van der Waals surface area contributed by atoms with E-state index in [2.05, 4.69) is 0 Å². The van der Waals surface area contributed by atoms with E-state index in [1.165, 1.54) is 4.72 Å². The van der Waals surface area contributed by atoms with Crippen molar-refractivity contribution >= 4 is 16.1 Å². The summed E-state index contributed by atoms with van der Waals surface area (Å²) in [5.74, 6) is -1.28. The van der Waals surface area contributed by atoms with E-state index in [1.54, 1.807) is 0 Å². The minimum atomic E-state index is -4.73. The summed E-state index contributed by atoms with van der Waals surface area (Å²) >= 11 is 0. The fourth-order valence-corrected chi connectivity index (χ4v) is 1.41. The van der Waals surface area contributed by atoms with Gasteiger partial charge in [-0.3, -0.25) is 9.35 Å². The number of Topliss-reactive ketones (excluding diaryl/α,β-unsaturated/α-hetero) is 1. The monoisotopic (exact) mass is 259 g/mol. The number of carbonyl (C=O) groups excluding carboxylic acids is 1. The zero-order valence-corrected chi connectivity index (χ0v) is 8.83. The van der Waals surface area contributed by atoms with Crippen LogP contribution in [0.4, 0.5) is 0 Å². The summed E-state index contributed by atoms with van der Waals surface area (Å²) in [5.41, 5.74) is 0. The lowest BCUT2D eigenvalue weighted by atomic mass is 10.0. The van der Waals surface area contributed by atoms with E-state index < -0.39 is 47.6 Å². The Hall–Kier alpha value is -0.620. The fraction of sp³-hybridized carbons (Fsp3) is 0.833. The zero-order valence-electron chi connectivity index (χ0n) is 8.02. The molecule has 0 aromatic rings. The molecule has 0 radical (unpaired) electrons. The molecule has 0 bridgehead atoms. The second-order valence-corrected chi connectivity index (χ2v) is 4.11. The Morgan fingerprint density at radius 3 is 2.00 bits per heavy atom. The summed E-state index contributed by atoms with van der Waals surface area (Å²) in [6, 6.07) is -1.80. The van der Waals surface area contributed by atoms with E-state index in [0.717, 1.165) is 0 Å². The van der Waals surface area contributed by atoms with E-state index in [9.17, 15) is 13.2 Å². The Morgan fingerprint density at radius 2 is 1.69 bits per heavy atom. The number of nitrogens with one attached hydrogen (secondary N) is 1. The van der Waals surface area contributed by atoms with Crippen LogP contribution in [0.5, 0.6) is 0 Å². The van der Waals surface area contributed by atoms with Gasteiger partial charge < -0.3 is 20.4 Å². The number of aliphatic hydroxyl groups excluding tert-OH is 4. The maximum Gasteiger partial charge on any atom is 0.334 e. The summed E-state index contributed by atoms with van der Waals surface area (Å²) in [6.07, 6.45) is -3.87. The van der Waals surface area contributed by atoms with Gasteiger partial charge in [-0.05, 0) is 0 Å². The first-order valence-corrected chi connectivity index (χ1v) is 5.53. The Balaban J connectivity index is 4.66. The molecule has 9 nitrogen and oxygen atoms in total. The molecular weight excluding hydrogens is 246 g/mol. The highest BCUT2D eigenvalue weighted by atomic mass is 32.2. The van der Waals surface area contributed by atoms with Crippen molar-refractivity contribution in [2.24, 2.45) is 0 Å². The summed E-state index contributed by atoms with van der Waals surface area (Å²) in [4.78, 5) is 11.2. The molecule has 16 heavy (non-hydrogen) atoms. The van der Waals surface area contributed by atoms with Crippen molar-refractivity contribution < 1.29 is 38.2 Å². The molecule has 0 rings (SSSR count). The summed E-state index contributed by atoms with van der Waals surface area (Å²) in [6.45, 7) is -1.94. The van der Waals surface area contributed by atoms with Crippen molar-refractivity contribution in [3.05, 3.63) is 0 Å². The minimum absolute atomic E-state index is 0.920. The van der Waals surface area contributed by atoms with Crippen molar-refractivity contribution in [2.75, 3.05) is 13.2 Å². The van der Waals surface area contributed by atoms with Crippen molar-refractivity contribution in [2.45, 2.75) is 18.2 Å². The lowest BCUT2D eigenvalue weighted by molar-refractivity contribution is -0.137. The Labute approximate surface area is 91.2 Å². The van der Waals surface area contributed by atoms with E-state index in [0.29, 0.717) is 0 Å². The van der Waals surface area contributed by atoms with Crippen LogP contribution in [-0.2, 0) is 15.1 Å². The largest absolute Gasteiger partial charge is 0.394 e. The van der Waals surface area contributed by atoms with Gasteiger partial charge in [0, 0.05) is 0 Å². The van der Waals surface area contributed by atoms with Gasteiger partial charge in [0.1, 0.15) is 18.2 Å². The first kappa shape index (κ1) is 15.4. The first-order chi connectivity index (χ1) is 7.22. The summed E-state index contributed by atoms with van der Waals surface area (Å²) < 4.78 is 30.4. The standard InChI is InChI=1S/C6H13NO8S/c8-1-3(7-16(13,14)15)5(11)6(12)4(10)2-9/h3-4,6-10,12H,1-2H2,(H,13,14,15)/t3-,4+,6+/m0/s1. The van der Waals surface area contributed by atoms with Gasteiger partial charge in [0.2, 0.25) is 0 Å². The minimum Gasteiger partial charge on any atom is -0.394 e. The van der Waals surface area contributed by atoms with E-state index in [4.69, 9.17) is 25.0 Å². The van der Waals surface area contributed by atoms with Gasteiger partial charge in [-0.2, -0.15) is 13.1 Å². The molecule has 96 valence electrons. The van der Waals surface area contributed by atoms with Gasteiger partial charge in [0.25, 0.3) is 0 Å². The van der Waals surface area contributed by atoms with E-state index >= 15 is 0 Å². The molecule has 0 spiro atoms. The molecule has 0 saturated carbocycles. The number of ketones is 1. The zero-order chi connectivity index (χ0) is 12.9. The maximum atomic E-state index is 11.2. The number of hydrogen-bond acceptors (Lipinski definition) is 7. The molecule has 10 heteroatoms. The highest BCUT2D eigenvalue weighted by Crippen LogP contribution is 2.00. The van der Waals surface area contributed by atoms with Crippen LogP contribution in [0.25, 0.3) is 0 Å². The van der Waals surface area contributed by atoms with Gasteiger partial charge in [-0.25, -0.2) is 0 Å². The first-order valence-electron chi connectivity index (χ1n) is 4.09. The third kappa shape index (κ3) is 4.94.